The molecule has 7 unspecified atom stereocenters. The van der Waals surface area contributed by atoms with Crippen LogP contribution in [-0.4, -0.2) is 101 Å². The summed E-state index contributed by atoms with van der Waals surface area (Å²) < 4.78 is 40.0. The quantitative estimate of drug-likeness (QED) is 0.260. The Morgan fingerprint density at radius 1 is 0.438 bits per heavy atom. The van der Waals surface area contributed by atoms with Crippen molar-refractivity contribution >= 4 is 0 Å². The second-order valence-corrected chi connectivity index (χ2v) is 8.73. The molecule has 0 aromatic rings. The molecule has 0 spiro atoms. The Bertz CT molecular complexity index is 411. The highest BCUT2D eigenvalue weighted by Crippen LogP contribution is 2.04. The summed E-state index contributed by atoms with van der Waals surface area (Å²) in [6, 6.07) is 0. The second-order valence-electron chi connectivity index (χ2n) is 8.73. The van der Waals surface area contributed by atoms with Crippen LogP contribution in [0.2, 0.25) is 0 Å². The van der Waals surface area contributed by atoms with E-state index in [9.17, 15) is 0 Å². The van der Waals surface area contributed by atoms with Crippen molar-refractivity contribution in [1.82, 2.24) is 0 Å². The van der Waals surface area contributed by atoms with E-state index < -0.39 is 0 Å². The zero-order chi connectivity index (χ0) is 24.4. The number of rotatable bonds is 22. The highest BCUT2D eigenvalue weighted by Gasteiger charge is 2.13. The maximum absolute atomic E-state index is 8.97. The van der Waals surface area contributed by atoms with E-state index in [1.165, 1.54) is 0 Å². The van der Waals surface area contributed by atoms with Gasteiger partial charge in [0, 0.05) is 6.61 Å². The van der Waals surface area contributed by atoms with Crippen LogP contribution in [0.1, 0.15) is 61.8 Å². The van der Waals surface area contributed by atoms with Gasteiger partial charge in [0.25, 0.3) is 0 Å². The Hall–Kier alpha value is -0.320. The van der Waals surface area contributed by atoms with Crippen LogP contribution < -0.4 is 0 Å². The fraction of sp³-hybridized carbons (Fsp3) is 1.00. The minimum Gasteiger partial charge on any atom is -0.394 e. The number of aliphatic hydroxyl groups excluding tert-OH is 1. The molecule has 0 aliphatic carbocycles. The van der Waals surface area contributed by atoms with Gasteiger partial charge in [0.15, 0.2) is 0 Å². The Morgan fingerprint density at radius 3 is 0.938 bits per heavy atom. The Morgan fingerprint density at radius 2 is 0.688 bits per heavy atom. The zero-order valence-corrected chi connectivity index (χ0v) is 21.7. The lowest BCUT2D eigenvalue weighted by Crippen LogP contribution is -2.30. The van der Waals surface area contributed by atoms with Crippen LogP contribution in [0.5, 0.6) is 0 Å². The summed E-state index contributed by atoms with van der Waals surface area (Å²) in [6.07, 6.45) is 0.763. The van der Waals surface area contributed by atoms with E-state index in [-0.39, 0.29) is 49.3 Å². The van der Waals surface area contributed by atoms with Crippen LogP contribution in [0.15, 0.2) is 0 Å². The van der Waals surface area contributed by atoms with E-state index in [4.69, 9.17) is 38.3 Å². The summed E-state index contributed by atoms with van der Waals surface area (Å²) in [5.74, 6) is 0. The molecule has 0 rings (SSSR count). The molecule has 0 aliphatic rings. The molecule has 0 saturated heterocycles. The van der Waals surface area contributed by atoms with Crippen molar-refractivity contribution < 1.29 is 38.3 Å². The standard InChI is InChI=1S/C24H50O8/c1-9-10-26-19(3)12-28-21(5)14-30-23(7)16-32-24(8)17-31-22(6)15-29-20(4)13-27-18(2)11-25/h18-25H,9-17H2,1-8H3. The maximum Gasteiger partial charge on any atom is 0.0781 e. The van der Waals surface area contributed by atoms with Crippen molar-refractivity contribution in [3.05, 3.63) is 0 Å². The predicted octanol–water partition coefficient (Wildman–Crippen LogP) is 3.22. The molecule has 7 atom stereocenters. The van der Waals surface area contributed by atoms with Crippen LogP contribution in [0.3, 0.4) is 0 Å². The fourth-order valence-corrected chi connectivity index (χ4v) is 2.46. The first-order valence-electron chi connectivity index (χ1n) is 12.1. The highest BCUT2D eigenvalue weighted by molar-refractivity contribution is 4.59. The second kappa shape index (κ2) is 20.1. The molecular formula is C24H50O8. The summed E-state index contributed by atoms with van der Waals surface area (Å²) in [5.41, 5.74) is 0. The highest BCUT2D eigenvalue weighted by atomic mass is 16.6. The largest absolute Gasteiger partial charge is 0.394 e. The molecule has 8 heteroatoms. The normalized spacial score (nSPS) is 18.7. The molecular weight excluding hydrogens is 416 g/mol. The van der Waals surface area contributed by atoms with Gasteiger partial charge in [-0.05, 0) is 54.9 Å². The molecule has 194 valence electrons. The summed E-state index contributed by atoms with van der Waals surface area (Å²) in [7, 11) is 0. The van der Waals surface area contributed by atoms with Crippen molar-refractivity contribution in [3.63, 3.8) is 0 Å². The van der Waals surface area contributed by atoms with Gasteiger partial charge in [0.1, 0.15) is 0 Å². The molecule has 8 nitrogen and oxygen atoms in total. The van der Waals surface area contributed by atoms with Gasteiger partial charge in [0.05, 0.1) is 89.0 Å². The number of aliphatic hydroxyl groups is 1. The SMILES string of the molecule is CCCOC(C)COC(C)COC(C)COC(C)COC(C)COC(C)COC(C)CO. The number of hydrogen-bond donors (Lipinski definition) is 1. The molecule has 0 heterocycles. The monoisotopic (exact) mass is 466 g/mol. The summed E-state index contributed by atoms with van der Waals surface area (Å²) in [5, 5.41) is 8.97. The van der Waals surface area contributed by atoms with E-state index >= 15 is 0 Å². The topological polar surface area (TPSA) is 84.8 Å². The third-order valence-electron chi connectivity index (χ3n) is 4.56. The van der Waals surface area contributed by atoms with E-state index in [0.29, 0.717) is 39.6 Å². The van der Waals surface area contributed by atoms with Gasteiger partial charge < -0.3 is 38.3 Å². The van der Waals surface area contributed by atoms with Crippen molar-refractivity contribution in [2.75, 3.05) is 52.9 Å². The van der Waals surface area contributed by atoms with Crippen LogP contribution in [0, 0.1) is 0 Å². The van der Waals surface area contributed by atoms with Crippen molar-refractivity contribution in [3.8, 4) is 0 Å². The Balaban J connectivity index is 3.79. The first-order chi connectivity index (χ1) is 15.2. The lowest BCUT2D eigenvalue weighted by atomic mass is 10.3. The fourth-order valence-electron chi connectivity index (χ4n) is 2.46. The van der Waals surface area contributed by atoms with E-state index in [0.717, 1.165) is 13.0 Å². The zero-order valence-electron chi connectivity index (χ0n) is 21.7. The van der Waals surface area contributed by atoms with Gasteiger partial charge in [-0.3, -0.25) is 0 Å². The lowest BCUT2D eigenvalue weighted by molar-refractivity contribution is -0.106. The smallest absolute Gasteiger partial charge is 0.0781 e. The molecule has 1 N–H and O–H groups in total. The van der Waals surface area contributed by atoms with E-state index in [2.05, 4.69) is 6.92 Å². The summed E-state index contributed by atoms with van der Waals surface area (Å²) >= 11 is 0. The molecule has 32 heavy (non-hydrogen) atoms. The molecule has 0 aromatic heterocycles. The van der Waals surface area contributed by atoms with Gasteiger partial charge in [-0.15, -0.1) is 0 Å². The molecule has 0 aromatic carbocycles. The van der Waals surface area contributed by atoms with Gasteiger partial charge >= 0.3 is 0 Å². The minimum absolute atomic E-state index is 0.00590. The molecule has 0 saturated carbocycles. The van der Waals surface area contributed by atoms with E-state index in [1.807, 2.05) is 48.5 Å². The van der Waals surface area contributed by atoms with Crippen LogP contribution in [0.4, 0.5) is 0 Å². The van der Waals surface area contributed by atoms with E-state index in [1.54, 1.807) is 0 Å². The lowest BCUT2D eigenvalue weighted by Gasteiger charge is -2.22. The molecule has 0 radical (unpaired) electrons. The van der Waals surface area contributed by atoms with Gasteiger partial charge in [-0.1, -0.05) is 6.92 Å². The summed E-state index contributed by atoms with van der Waals surface area (Å²) in [4.78, 5) is 0. The predicted molar refractivity (Wildman–Crippen MR) is 125 cm³/mol. The Labute approximate surface area is 196 Å². The van der Waals surface area contributed by atoms with Gasteiger partial charge in [0.2, 0.25) is 0 Å². The minimum atomic E-state index is -0.177. The number of hydrogen-bond acceptors (Lipinski definition) is 8. The molecule has 0 fully saturated rings. The van der Waals surface area contributed by atoms with Gasteiger partial charge in [-0.2, -0.15) is 0 Å². The third-order valence-corrected chi connectivity index (χ3v) is 4.56. The van der Waals surface area contributed by atoms with Crippen molar-refractivity contribution in [1.29, 1.82) is 0 Å². The average molecular weight is 467 g/mol. The van der Waals surface area contributed by atoms with Crippen LogP contribution in [0.25, 0.3) is 0 Å². The first-order valence-corrected chi connectivity index (χ1v) is 12.1. The molecule has 0 bridgehead atoms. The number of ether oxygens (including phenoxy) is 7. The van der Waals surface area contributed by atoms with Gasteiger partial charge in [-0.25, -0.2) is 0 Å². The third kappa shape index (κ3) is 19.2. The van der Waals surface area contributed by atoms with Crippen molar-refractivity contribution in [2.45, 2.75) is 105 Å². The average Bonchev–Trinajstić information content (AvgIpc) is 2.78. The first kappa shape index (κ1) is 31.7. The Kier molecular flexibility index (Phi) is 19.9. The molecule has 0 amide bonds. The molecule has 0 aliphatic heterocycles. The van der Waals surface area contributed by atoms with Crippen LogP contribution >= 0.6 is 0 Å². The maximum atomic E-state index is 8.97. The van der Waals surface area contributed by atoms with Crippen molar-refractivity contribution in [2.24, 2.45) is 0 Å². The summed E-state index contributed by atoms with van der Waals surface area (Å²) in [6.45, 7) is 19.6. The van der Waals surface area contributed by atoms with Crippen LogP contribution in [-0.2, 0) is 33.2 Å².